The van der Waals surface area contributed by atoms with Gasteiger partial charge in [-0.3, -0.25) is 0 Å². The fourth-order valence-electron chi connectivity index (χ4n) is 2.01. The molecule has 1 saturated carbocycles. The number of hydrogen-bond acceptors (Lipinski definition) is 4. The monoisotopic (exact) mass is 353 g/mol. The highest BCUT2D eigenvalue weighted by Gasteiger charge is 2.29. The van der Waals surface area contributed by atoms with Gasteiger partial charge in [-0.2, -0.15) is 0 Å². The van der Waals surface area contributed by atoms with E-state index in [9.17, 15) is 0 Å². The second-order valence-electron chi connectivity index (χ2n) is 4.79. The molecule has 3 rings (SSSR count). The first-order valence-electron chi connectivity index (χ1n) is 6.38. The molecule has 2 aromatic rings. The lowest BCUT2D eigenvalue weighted by atomic mass is 10.2. The predicted octanol–water partition coefficient (Wildman–Crippen LogP) is 3.76. The summed E-state index contributed by atoms with van der Waals surface area (Å²) in [6.45, 7) is 0. The topological polar surface area (TPSA) is 47.9 Å². The van der Waals surface area contributed by atoms with Crippen LogP contribution in [0.1, 0.15) is 35.8 Å². The van der Waals surface area contributed by atoms with Gasteiger partial charge in [0.15, 0.2) is 0 Å². The number of nitrogens with zero attached hydrogens (tertiary/aromatic N) is 3. The Hall–Kier alpha value is -1.20. The van der Waals surface area contributed by atoms with Crippen molar-refractivity contribution < 1.29 is 4.74 Å². The molecule has 4 nitrogen and oxygen atoms in total. The minimum absolute atomic E-state index is 0.485. The fourth-order valence-corrected chi connectivity index (χ4v) is 2.70. The molecule has 0 radical (unpaired) electrons. The van der Waals surface area contributed by atoms with Gasteiger partial charge in [0.2, 0.25) is 5.88 Å². The zero-order chi connectivity index (χ0) is 14.1. The molecule has 1 fully saturated rings. The Balaban J connectivity index is 1.86. The Morgan fingerprint density at radius 2 is 2.15 bits per heavy atom. The molecule has 0 spiro atoms. The molecule has 0 aromatic carbocycles. The van der Waals surface area contributed by atoms with Crippen LogP contribution in [-0.4, -0.2) is 22.1 Å². The van der Waals surface area contributed by atoms with Crippen LogP contribution < -0.4 is 4.74 Å². The minimum Gasteiger partial charge on any atom is -0.481 e. The SMILES string of the molecule is COc1ccc(Cc2nc(Cl)c(Br)c(C3CC3)n2)cn1. The molecular formula is C14H13BrClN3O. The van der Waals surface area contributed by atoms with Crippen LogP contribution in [-0.2, 0) is 6.42 Å². The third-order valence-corrected chi connectivity index (χ3v) is 4.50. The summed E-state index contributed by atoms with van der Waals surface area (Å²) in [5, 5.41) is 0.485. The molecule has 6 heteroatoms. The molecule has 2 aromatic heterocycles. The smallest absolute Gasteiger partial charge is 0.212 e. The van der Waals surface area contributed by atoms with Gasteiger partial charge in [-0.05, 0) is 34.3 Å². The van der Waals surface area contributed by atoms with Crippen LogP contribution in [0.2, 0.25) is 5.15 Å². The van der Waals surface area contributed by atoms with Crippen LogP contribution in [0, 0.1) is 0 Å². The van der Waals surface area contributed by atoms with Crippen molar-refractivity contribution in [3.8, 4) is 5.88 Å². The molecule has 104 valence electrons. The lowest BCUT2D eigenvalue weighted by Gasteiger charge is -2.07. The van der Waals surface area contributed by atoms with E-state index in [0.717, 1.165) is 21.6 Å². The van der Waals surface area contributed by atoms with Crippen LogP contribution in [0.3, 0.4) is 0 Å². The van der Waals surface area contributed by atoms with E-state index in [1.165, 1.54) is 12.8 Å². The van der Waals surface area contributed by atoms with E-state index in [0.29, 0.717) is 23.4 Å². The number of rotatable bonds is 4. The first kappa shape index (κ1) is 13.8. The standard InChI is InChI=1S/C14H13BrClN3O/c1-20-11-5-2-8(7-17-11)6-10-18-13(9-3-4-9)12(15)14(16)19-10/h2,5,7,9H,3-4,6H2,1H3. The molecule has 0 amide bonds. The van der Waals surface area contributed by atoms with Crippen molar-refractivity contribution in [1.29, 1.82) is 0 Å². The highest BCUT2D eigenvalue weighted by molar-refractivity contribution is 9.10. The Labute approximate surface area is 130 Å². The first-order valence-corrected chi connectivity index (χ1v) is 7.55. The largest absolute Gasteiger partial charge is 0.481 e. The summed E-state index contributed by atoms with van der Waals surface area (Å²) in [5.41, 5.74) is 2.06. The molecule has 0 bridgehead atoms. The maximum absolute atomic E-state index is 6.17. The highest BCUT2D eigenvalue weighted by atomic mass is 79.9. The van der Waals surface area contributed by atoms with E-state index in [1.54, 1.807) is 13.3 Å². The third kappa shape index (κ3) is 2.94. The number of pyridine rings is 1. The Kier molecular flexibility index (Phi) is 3.89. The Bertz CT molecular complexity index is 629. The summed E-state index contributed by atoms with van der Waals surface area (Å²) >= 11 is 9.64. The minimum atomic E-state index is 0.485. The summed E-state index contributed by atoms with van der Waals surface area (Å²) in [7, 11) is 1.60. The molecule has 0 atom stereocenters. The normalized spacial score (nSPS) is 14.3. The molecule has 0 aliphatic heterocycles. The fraction of sp³-hybridized carbons (Fsp3) is 0.357. The lowest BCUT2D eigenvalue weighted by molar-refractivity contribution is 0.397. The van der Waals surface area contributed by atoms with E-state index < -0.39 is 0 Å². The van der Waals surface area contributed by atoms with Crippen molar-refractivity contribution in [3.63, 3.8) is 0 Å². The van der Waals surface area contributed by atoms with Gasteiger partial charge in [0, 0.05) is 24.6 Å². The van der Waals surface area contributed by atoms with Gasteiger partial charge >= 0.3 is 0 Å². The van der Waals surface area contributed by atoms with Gasteiger partial charge in [0.25, 0.3) is 0 Å². The average molecular weight is 355 g/mol. The van der Waals surface area contributed by atoms with Crippen molar-refractivity contribution in [2.75, 3.05) is 7.11 Å². The Morgan fingerprint density at radius 1 is 1.35 bits per heavy atom. The van der Waals surface area contributed by atoms with Gasteiger partial charge in [-0.1, -0.05) is 17.7 Å². The summed E-state index contributed by atoms with van der Waals surface area (Å²) < 4.78 is 5.88. The molecule has 1 aliphatic carbocycles. The van der Waals surface area contributed by atoms with Crippen LogP contribution in [0.5, 0.6) is 5.88 Å². The van der Waals surface area contributed by atoms with E-state index in [2.05, 4.69) is 30.9 Å². The van der Waals surface area contributed by atoms with E-state index >= 15 is 0 Å². The second kappa shape index (κ2) is 5.66. The van der Waals surface area contributed by atoms with Crippen molar-refractivity contribution in [2.24, 2.45) is 0 Å². The van der Waals surface area contributed by atoms with Crippen molar-refractivity contribution in [2.45, 2.75) is 25.2 Å². The first-order chi connectivity index (χ1) is 9.67. The molecule has 0 saturated heterocycles. The second-order valence-corrected chi connectivity index (χ2v) is 5.94. The van der Waals surface area contributed by atoms with Crippen LogP contribution in [0.4, 0.5) is 0 Å². The molecule has 2 heterocycles. The summed E-state index contributed by atoms with van der Waals surface area (Å²) in [5.74, 6) is 1.85. The molecule has 1 aliphatic rings. The highest BCUT2D eigenvalue weighted by Crippen LogP contribution is 2.43. The zero-order valence-electron chi connectivity index (χ0n) is 10.9. The van der Waals surface area contributed by atoms with Crippen LogP contribution in [0.15, 0.2) is 22.8 Å². The maximum Gasteiger partial charge on any atom is 0.212 e. The van der Waals surface area contributed by atoms with Gasteiger partial charge in [-0.25, -0.2) is 15.0 Å². The van der Waals surface area contributed by atoms with Crippen LogP contribution >= 0.6 is 27.5 Å². The number of halogens is 2. The quantitative estimate of drug-likeness (QED) is 0.784. The maximum atomic E-state index is 6.17. The third-order valence-electron chi connectivity index (χ3n) is 3.22. The van der Waals surface area contributed by atoms with Gasteiger partial charge < -0.3 is 4.74 Å². The van der Waals surface area contributed by atoms with E-state index in [4.69, 9.17) is 16.3 Å². The van der Waals surface area contributed by atoms with Gasteiger partial charge in [0.05, 0.1) is 17.3 Å². The lowest BCUT2D eigenvalue weighted by Crippen LogP contribution is -2.02. The number of methoxy groups -OCH3 is 1. The number of aromatic nitrogens is 3. The summed E-state index contributed by atoms with van der Waals surface area (Å²) in [6, 6.07) is 3.79. The molecular weight excluding hydrogens is 342 g/mol. The molecule has 0 unspecified atom stereocenters. The number of ether oxygens (including phenoxy) is 1. The van der Waals surface area contributed by atoms with Gasteiger partial charge in [0.1, 0.15) is 11.0 Å². The predicted molar refractivity (Wildman–Crippen MR) is 80.3 cm³/mol. The summed E-state index contributed by atoms with van der Waals surface area (Å²) in [4.78, 5) is 13.1. The van der Waals surface area contributed by atoms with Crippen molar-refractivity contribution in [1.82, 2.24) is 15.0 Å². The van der Waals surface area contributed by atoms with E-state index in [-0.39, 0.29) is 0 Å². The molecule has 0 N–H and O–H groups in total. The van der Waals surface area contributed by atoms with Crippen molar-refractivity contribution >= 4 is 27.5 Å². The summed E-state index contributed by atoms with van der Waals surface area (Å²) in [6.07, 6.45) is 4.74. The van der Waals surface area contributed by atoms with Crippen LogP contribution in [0.25, 0.3) is 0 Å². The zero-order valence-corrected chi connectivity index (χ0v) is 13.3. The molecule has 20 heavy (non-hydrogen) atoms. The van der Waals surface area contributed by atoms with Crippen molar-refractivity contribution in [3.05, 3.63) is 45.0 Å². The average Bonchev–Trinajstić information content (AvgIpc) is 3.28. The number of hydrogen-bond donors (Lipinski definition) is 0. The Morgan fingerprint density at radius 3 is 2.75 bits per heavy atom. The van der Waals surface area contributed by atoms with E-state index in [1.807, 2.05) is 12.1 Å². The van der Waals surface area contributed by atoms with Gasteiger partial charge in [-0.15, -0.1) is 0 Å².